The number of carbonyl (C=O) groups is 2. The van der Waals surface area contributed by atoms with Gasteiger partial charge in [0.2, 0.25) is 5.24 Å². The molecule has 0 fully saturated rings. The molecule has 0 aliphatic rings. The van der Waals surface area contributed by atoms with Crippen LogP contribution in [0.5, 0.6) is 0 Å². The van der Waals surface area contributed by atoms with Crippen LogP contribution >= 0.6 is 95.2 Å². The molecule has 0 aromatic heterocycles. The fourth-order valence-electron chi connectivity index (χ4n) is 1.91. The predicted molar refractivity (Wildman–Crippen MR) is 155 cm³/mol. The van der Waals surface area contributed by atoms with Crippen molar-refractivity contribution in [2.45, 2.75) is 52.4 Å². The average Bonchev–Trinajstić information content (AvgIpc) is 2.77. The van der Waals surface area contributed by atoms with Crippen LogP contribution in [0.15, 0.2) is 42.5 Å². The van der Waals surface area contributed by atoms with Gasteiger partial charge in [-0.1, -0.05) is 85.2 Å². The lowest BCUT2D eigenvalue weighted by molar-refractivity contribution is -0.111. The molecule has 0 atom stereocenters. The maximum absolute atomic E-state index is 11.6. The largest absolute Gasteiger partial charge is 0.294 e. The highest BCUT2D eigenvalue weighted by molar-refractivity contribution is 15.0. The Labute approximate surface area is 234 Å². The van der Waals surface area contributed by atoms with Crippen LogP contribution in [0.3, 0.4) is 0 Å². The van der Waals surface area contributed by atoms with Gasteiger partial charge in [-0.2, -0.15) is 0 Å². The van der Waals surface area contributed by atoms with Crippen LogP contribution in [0.2, 0.25) is 20.1 Å². The fraction of sp³-hybridized carbons (Fsp3) is 0.364. The summed E-state index contributed by atoms with van der Waals surface area (Å²) in [6, 6.07) is 12.2. The Morgan fingerprint density at radius 3 is 1.55 bits per heavy atom. The number of halogens is 7. The molecule has 174 valence electrons. The number of unbranched alkanes of at least 4 members (excludes halogenated alkanes) is 2. The third-order valence-corrected chi connectivity index (χ3v) is 5.23. The highest BCUT2D eigenvalue weighted by Crippen LogP contribution is 2.23. The summed E-state index contributed by atoms with van der Waals surface area (Å²) in [5.74, 6) is 0.130. The molecule has 0 unspecified atom stereocenters. The third kappa shape index (κ3) is 18.8. The van der Waals surface area contributed by atoms with Crippen molar-refractivity contribution in [2.75, 3.05) is 0 Å². The van der Waals surface area contributed by atoms with E-state index in [2.05, 4.69) is 44.2 Å². The van der Waals surface area contributed by atoms with E-state index in [1.807, 2.05) is 19.1 Å². The topological polar surface area (TPSA) is 34.1 Å². The summed E-state index contributed by atoms with van der Waals surface area (Å²) < 4.78 is 0. The summed E-state index contributed by atoms with van der Waals surface area (Å²) >= 11 is 32.0. The van der Waals surface area contributed by atoms with Crippen molar-refractivity contribution < 1.29 is 9.59 Å². The van der Waals surface area contributed by atoms with Gasteiger partial charge in [-0.25, -0.2) is 0 Å². The predicted octanol–water partition coefficient (Wildman–Crippen LogP) is 11.1. The maximum atomic E-state index is 11.6. The summed E-state index contributed by atoms with van der Waals surface area (Å²) in [7, 11) is 0. The molecule has 0 saturated carbocycles. The van der Waals surface area contributed by atoms with Crippen molar-refractivity contribution in [1.82, 2.24) is 0 Å². The van der Waals surface area contributed by atoms with Gasteiger partial charge in [0, 0.05) is 55.6 Å². The van der Waals surface area contributed by atoms with Crippen LogP contribution in [0.1, 0.15) is 62.7 Å². The van der Waals surface area contributed by atoms with Crippen LogP contribution in [-0.2, 0) is 4.79 Å². The zero-order valence-corrected chi connectivity index (χ0v) is 25.3. The molecule has 0 aliphatic carbocycles. The van der Waals surface area contributed by atoms with Crippen molar-refractivity contribution in [3.63, 3.8) is 0 Å². The molecule has 2 nitrogen and oxygen atoms in total. The number of Topliss-reactive ketones (excluding diaryl/α,β-unsaturated/α-hetero) is 1. The highest BCUT2D eigenvalue weighted by atomic mass is 128. The van der Waals surface area contributed by atoms with Gasteiger partial charge < -0.3 is 0 Å². The SMILES string of the molecule is CCCCC(=O)Cl.CCCCC(=O)c1ccc(Cl)c(Cl)c1.Clc1ccccc1Cl.II. The minimum absolute atomic E-state index is 0.130. The van der Waals surface area contributed by atoms with Gasteiger partial charge in [0.25, 0.3) is 0 Å². The maximum Gasteiger partial charge on any atom is 0.221 e. The smallest absolute Gasteiger partial charge is 0.221 e. The zero-order chi connectivity index (χ0) is 24.2. The van der Waals surface area contributed by atoms with Crippen molar-refractivity contribution in [3.8, 4) is 0 Å². The minimum Gasteiger partial charge on any atom is -0.294 e. The second kappa shape index (κ2) is 22.5. The molecule has 2 aromatic carbocycles. The van der Waals surface area contributed by atoms with E-state index in [1.165, 1.54) is 0 Å². The standard InChI is InChI=1S/C11H12Cl2O.C6H4Cl2.C5H9ClO.I2/c1-2-3-4-11(14)8-5-6-9(12)10(13)7-8;7-5-3-1-2-4-6(5)8;1-2-3-4-5(6)7;1-2/h5-7H,2-4H2,1H3;1-4H;2-4H2,1H3;. The van der Waals surface area contributed by atoms with E-state index in [0.717, 1.165) is 25.7 Å². The monoisotopic (exact) mass is 750 g/mol. The lowest BCUT2D eigenvalue weighted by Crippen LogP contribution is -1.98. The number of benzene rings is 2. The molecule has 0 N–H and O–H groups in total. The van der Waals surface area contributed by atoms with Crippen molar-refractivity contribution in [1.29, 1.82) is 0 Å². The fourth-order valence-corrected chi connectivity index (χ4v) is 2.61. The molecule has 0 bridgehead atoms. The summed E-state index contributed by atoms with van der Waals surface area (Å²) in [6.07, 6.45) is 5.00. The van der Waals surface area contributed by atoms with E-state index in [-0.39, 0.29) is 11.0 Å². The molecule has 0 radical (unpaired) electrons. The first kappa shape index (κ1) is 33.9. The molecule has 0 heterocycles. The minimum atomic E-state index is -0.221. The number of ketones is 1. The molecule has 0 amide bonds. The molecule has 0 aliphatic heterocycles. The lowest BCUT2D eigenvalue weighted by atomic mass is 10.1. The summed E-state index contributed by atoms with van der Waals surface area (Å²) in [5, 5.41) is 1.91. The van der Waals surface area contributed by atoms with Gasteiger partial charge in [0.05, 0.1) is 20.1 Å². The summed E-state index contributed by atoms with van der Waals surface area (Å²) in [5.41, 5.74) is 0.646. The Bertz CT molecular complexity index is 752. The Kier molecular flexibility index (Phi) is 24.6. The van der Waals surface area contributed by atoms with Crippen molar-refractivity contribution in [2.24, 2.45) is 0 Å². The molecule has 31 heavy (non-hydrogen) atoms. The number of carbonyl (C=O) groups excluding carboxylic acids is 2. The molecule has 0 spiro atoms. The Morgan fingerprint density at radius 2 is 1.19 bits per heavy atom. The van der Waals surface area contributed by atoms with E-state index >= 15 is 0 Å². The molecule has 2 aromatic rings. The molecular weight excluding hydrogens is 727 g/mol. The molecular formula is C22H25Cl5I2O2. The van der Waals surface area contributed by atoms with Gasteiger partial charge in [-0.05, 0) is 54.8 Å². The molecule has 2 rings (SSSR count). The average molecular weight is 753 g/mol. The van der Waals surface area contributed by atoms with Gasteiger partial charge in [0.15, 0.2) is 5.78 Å². The van der Waals surface area contributed by atoms with Crippen LogP contribution in [0.25, 0.3) is 0 Å². The highest BCUT2D eigenvalue weighted by Gasteiger charge is 2.07. The first-order valence-corrected chi connectivity index (χ1v) is 17.6. The Balaban J connectivity index is 0. The third-order valence-electron chi connectivity index (χ3n) is 3.55. The van der Waals surface area contributed by atoms with Crippen LogP contribution in [0, 0.1) is 0 Å². The second-order valence-corrected chi connectivity index (χ2v) is 8.08. The second-order valence-electron chi connectivity index (χ2n) is 6.03. The van der Waals surface area contributed by atoms with Crippen LogP contribution in [-0.4, -0.2) is 11.0 Å². The zero-order valence-electron chi connectivity index (χ0n) is 17.2. The first-order chi connectivity index (χ1) is 14.7. The van der Waals surface area contributed by atoms with Crippen molar-refractivity contribution >= 4 is 106 Å². The molecule has 0 saturated heterocycles. The van der Waals surface area contributed by atoms with Gasteiger partial charge in [0.1, 0.15) is 0 Å². The summed E-state index contributed by atoms with van der Waals surface area (Å²) in [4.78, 5) is 21.5. The van der Waals surface area contributed by atoms with Crippen molar-refractivity contribution in [3.05, 3.63) is 68.1 Å². The first-order valence-electron chi connectivity index (χ1n) is 9.43. The number of hydrogen-bond donors (Lipinski definition) is 0. The van der Waals surface area contributed by atoms with E-state index in [4.69, 9.17) is 58.0 Å². The Morgan fingerprint density at radius 1 is 0.742 bits per heavy atom. The normalized spacial score (nSPS) is 9.19. The van der Waals surface area contributed by atoms with E-state index < -0.39 is 0 Å². The number of rotatable bonds is 7. The van der Waals surface area contributed by atoms with Crippen LogP contribution < -0.4 is 0 Å². The van der Waals surface area contributed by atoms with E-state index in [1.54, 1.807) is 30.3 Å². The van der Waals surface area contributed by atoms with E-state index in [0.29, 0.717) is 38.5 Å². The van der Waals surface area contributed by atoms with Gasteiger partial charge in [-0.15, -0.1) is 0 Å². The number of hydrogen-bond acceptors (Lipinski definition) is 2. The van der Waals surface area contributed by atoms with Gasteiger partial charge >= 0.3 is 0 Å². The van der Waals surface area contributed by atoms with E-state index in [9.17, 15) is 9.59 Å². The Hall–Kier alpha value is 0.690. The van der Waals surface area contributed by atoms with Gasteiger partial charge in [-0.3, -0.25) is 9.59 Å². The quantitative estimate of drug-likeness (QED) is 0.160. The lowest BCUT2D eigenvalue weighted by Gasteiger charge is -2.01. The van der Waals surface area contributed by atoms with Crippen LogP contribution in [0.4, 0.5) is 0 Å². The summed E-state index contributed by atoms with van der Waals surface area (Å²) in [6.45, 7) is 4.09. The molecule has 9 heteroatoms.